The standard InChI is InChI=1S/C28H34N4O4S/c1-3-31-16-18-32(19-17-31)26-15-14-24(29-28(33)21-36-25-12-8-5-9-13-25)20-27(26)37(34,35)30-22(2)23-10-6-4-7-11-23/h4-15,20,22,30H,3,16-19,21H2,1-2H3,(H,29,33). The fourth-order valence-corrected chi connectivity index (χ4v) is 5.83. The highest BCUT2D eigenvalue weighted by Crippen LogP contribution is 2.30. The number of anilines is 2. The van der Waals surface area contributed by atoms with E-state index in [-0.39, 0.29) is 17.4 Å². The Labute approximate surface area is 219 Å². The second-order valence-corrected chi connectivity index (χ2v) is 10.7. The smallest absolute Gasteiger partial charge is 0.262 e. The highest BCUT2D eigenvalue weighted by atomic mass is 32.2. The third-order valence-electron chi connectivity index (χ3n) is 6.44. The third kappa shape index (κ3) is 7.09. The normalized spacial score (nSPS) is 15.2. The minimum absolute atomic E-state index is 0.141. The van der Waals surface area contributed by atoms with Gasteiger partial charge in [0.25, 0.3) is 5.91 Å². The predicted molar refractivity (Wildman–Crippen MR) is 147 cm³/mol. The van der Waals surface area contributed by atoms with Crippen LogP contribution in [0.1, 0.15) is 25.5 Å². The number of hydrogen-bond donors (Lipinski definition) is 2. The predicted octanol–water partition coefficient (Wildman–Crippen LogP) is 3.89. The van der Waals surface area contributed by atoms with Gasteiger partial charge in [0.2, 0.25) is 10.0 Å². The molecule has 0 saturated carbocycles. The van der Waals surface area contributed by atoms with Gasteiger partial charge < -0.3 is 19.9 Å². The minimum Gasteiger partial charge on any atom is -0.484 e. The van der Waals surface area contributed by atoms with Gasteiger partial charge in [0.05, 0.1) is 5.69 Å². The van der Waals surface area contributed by atoms with Crippen LogP contribution < -0.4 is 19.7 Å². The summed E-state index contributed by atoms with van der Waals surface area (Å²) in [6, 6.07) is 23.1. The van der Waals surface area contributed by atoms with Crippen molar-refractivity contribution in [2.45, 2.75) is 24.8 Å². The second-order valence-electron chi connectivity index (χ2n) is 9.01. The maximum atomic E-state index is 13.7. The van der Waals surface area contributed by atoms with Gasteiger partial charge in [-0.2, -0.15) is 0 Å². The number of carbonyl (C=O) groups excluding carboxylic acids is 1. The van der Waals surface area contributed by atoms with Crippen molar-refractivity contribution in [3.8, 4) is 5.75 Å². The Morgan fingerprint density at radius 1 is 0.946 bits per heavy atom. The minimum atomic E-state index is -3.91. The van der Waals surface area contributed by atoms with Crippen LogP contribution in [0.3, 0.4) is 0 Å². The summed E-state index contributed by atoms with van der Waals surface area (Å²) in [6.07, 6.45) is 0. The molecular formula is C28H34N4O4S. The first-order chi connectivity index (χ1) is 17.9. The molecule has 0 bridgehead atoms. The SMILES string of the molecule is CCN1CCN(c2ccc(NC(=O)COc3ccccc3)cc2S(=O)(=O)NC(C)c2ccccc2)CC1. The first-order valence-corrected chi connectivity index (χ1v) is 14.0. The average Bonchev–Trinajstić information content (AvgIpc) is 2.93. The summed E-state index contributed by atoms with van der Waals surface area (Å²) in [5.41, 5.74) is 1.89. The van der Waals surface area contributed by atoms with E-state index in [0.717, 1.165) is 38.3 Å². The fourth-order valence-electron chi connectivity index (χ4n) is 4.34. The number of ether oxygens (including phenoxy) is 1. The molecule has 1 atom stereocenters. The number of amides is 1. The van der Waals surface area contributed by atoms with E-state index in [4.69, 9.17) is 4.74 Å². The van der Waals surface area contributed by atoms with Crippen molar-refractivity contribution >= 4 is 27.3 Å². The van der Waals surface area contributed by atoms with E-state index in [1.54, 1.807) is 24.3 Å². The van der Waals surface area contributed by atoms with Gasteiger partial charge in [-0.05, 0) is 49.4 Å². The lowest BCUT2D eigenvalue weighted by Gasteiger charge is -2.36. The highest BCUT2D eigenvalue weighted by Gasteiger charge is 2.27. The Kier molecular flexibility index (Phi) is 8.81. The van der Waals surface area contributed by atoms with Gasteiger partial charge in [0, 0.05) is 37.9 Å². The van der Waals surface area contributed by atoms with E-state index in [1.165, 1.54) is 6.07 Å². The van der Waals surface area contributed by atoms with Crippen LogP contribution in [0.15, 0.2) is 83.8 Å². The van der Waals surface area contributed by atoms with E-state index in [2.05, 4.69) is 26.8 Å². The largest absolute Gasteiger partial charge is 0.484 e. The molecule has 0 aliphatic carbocycles. The molecule has 0 aromatic heterocycles. The fraction of sp³-hybridized carbons (Fsp3) is 0.321. The van der Waals surface area contributed by atoms with Crippen LogP contribution >= 0.6 is 0 Å². The van der Waals surface area contributed by atoms with Crippen LogP contribution in [0.5, 0.6) is 5.75 Å². The summed E-state index contributed by atoms with van der Waals surface area (Å²) < 4.78 is 35.7. The first-order valence-electron chi connectivity index (χ1n) is 12.5. The Morgan fingerprint density at radius 2 is 1.59 bits per heavy atom. The number of sulfonamides is 1. The summed E-state index contributed by atoms with van der Waals surface area (Å²) in [4.78, 5) is 17.1. The van der Waals surface area contributed by atoms with E-state index in [1.807, 2.05) is 55.5 Å². The highest BCUT2D eigenvalue weighted by molar-refractivity contribution is 7.89. The van der Waals surface area contributed by atoms with Crippen LogP contribution in [-0.4, -0.2) is 58.6 Å². The molecule has 8 nitrogen and oxygen atoms in total. The van der Waals surface area contributed by atoms with Crippen molar-refractivity contribution in [3.63, 3.8) is 0 Å². The topological polar surface area (TPSA) is 91.0 Å². The number of nitrogens with one attached hydrogen (secondary N) is 2. The lowest BCUT2D eigenvalue weighted by Crippen LogP contribution is -2.46. The van der Waals surface area contributed by atoms with Crippen molar-refractivity contribution < 1.29 is 17.9 Å². The number of nitrogens with zero attached hydrogens (tertiary/aromatic N) is 2. The van der Waals surface area contributed by atoms with Crippen LogP contribution in [0, 0.1) is 0 Å². The van der Waals surface area contributed by atoms with E-state index < -0.39 is 16.1 Å². The molecule has 0 spiro atoms. The summed E-state index contributed by atoms with van der Waals surface area (Å²) in [5, 5.41) is 2.77. The lowest BCUT2D eigenvalue weighted by atomic mass is 10.1. The van der Waals surface area contributed by atoms with Gasteiger partial charge in [-0.25, -0.2) is 13.1 Å². The van der Waals surface area contributed by atoms with Crippen molar-refractivity contribution in [1.29, 1.82) is 0 Å². The summed E-state index contributed by atoms with van der Waals surface area (Å²) >= 11 is 0. The molecule has 1 aliphatic heterocycles. The quantitative estimate of drug-likeness (QED) is 0.420. The molecule has 37 heavy (non-hydrogen) atoms. The van der Waals surface area contributed by atoms with Crippen LogP contribution in [-0.2, 0) is 14.8 Å². The molecule has 4 rings (SSSR count). The van der Waals surface area contributed by atoms with E-state index in [0.29, 0.717) is 17.1 Å². The van der Waals surface area contributed by atoms with Crippen LogP contribution in [0.2, 0.25) is 0 Å². The van der Waals surface area contributed by atoms with E-state index >= 15 is 0 Å². The zero-order valence-corrected chi connectivity index (χ0v) is 22.1. The van der Waals surface area contributed by atoms with Crippen molar-refractivity contribution in [1.82, 2.24) is 9.62 Å². The number of likely N-dealkylation sites (N-methyl/N-ethyl adjacent to an activating group) is 1. The molecule has 1 saturated heterocycles. The summed E-state index contributed by atoms with van der Waals surface area (Å²) in [7, 11) is -3.91. The average molecular weight is 523 g/mol. The molecule has 9 heteroatoms. The molecule has 1 amide bonds. The van der Waals surface area contributed by atoms with Crippen molar-refractivity contribution in [2.24, 2.45) is 0 Å². The van der Waals surface area contributed by atoms with Gasteiger partial charge in [0.1, 0.15) is 10.6 Å². The number of hydrogen-bond acceptors (Lipinski definition) is 6. The van der Waals surface area contributed by atoms with Crippen LogP contribution in [0.25, 0.3) is 0 Å². The molecule has 3 aromatic carbocycles. The molecule has 3 aromatic rings. The summed E-state index contributed by atoms with van der Waals surface area (Å²) in [6.45, 7) is 7.89. The number of benzene rings is 3. The Bertz CT molecular complexity index is 1280. The van der Waals surface area contributed by atoms with Gasteiger partial charge in [-0.3, -0.25) is 4.79 Å². The molecule has 1 heterocycles. The maximum absolute atomic E-state index is 13.7. The Balaban J connectivity index is 1.56. The molecule has 0 radical (unpaired) electrons. The molecule has 1 fully saturated rings. The number of piperazine rings is 1. The van der Waals surface area contributed by atoms with Gasteiger partial charge in [0.15, 0.2) is 6.61 Å². The monoisotopic (exact) mass is 522 g/mol. The van der Waals surface area contributed by atoms with Crippen molar-refractivity contribution in [3.05, 3.63) is 84.4 Å². The molecule has 2 N–H and O–H groups in total. The van der Waals surface area contributed by atoms with Gasteiger partial charge >= 0.3 is 0 Å². The maximum Gasteiger partial charge on any atom is 0.262 e. The van der Waals surface area contributed by atoms with Crippen molar-refractivity contribution in [2.75, 3.05) is 49.5 Å². The molecule has 1 aliphatic rings. The zero-order chi connectivity index (χ0) is 26.3. The third-order valence-corrected chi connectivity index (χ3v) is 8.01. The number of para-hydroxylation sites is 1. The first kappa shape index (κ1) is 26.7. The molecule has 1 unspecified atom stereocenters. The lowest BCUT2D eigenvalue weighted by molar-refractivity contribution is -0.118. The molecular weight excluding hydrogens is 488 g/mol. The Hall–Kier alpha value is -3.40. The molecule has 196 valence electrons. The Morgan fingerprint density at radius 3 is 2.24 bits per heavy atom. The summed E-state index contributed by atoms with van der Waals surface area (Å²) in [5.74, 6) is 0.212. The number of carbonyl (C=O) groups is 1. The van der Waals surface area contributed by atoms with E-state index in [9.17, 15) is 13.2 Å². The van der Waals surface area contributed by atoms with Gasteiger partial charge in [-0.1, -0.05) is 55.5 Å². The second kappa shape index (κ2) is 12.2. The van der Waals surface area contributed by atoms with Crippen LogP contribution in [0.4, 0.5) is 11.4 Å². The van der Waals surface area contributed by atoms with Gasteiger partial charge in [-0.15, -0.1) is 0 Å². The number of rotatable bonds is 10. The zero-order valence-electron chi connectivity index (χ0n) is 21.3.